The van der Waals surface area contributed by atoms with E-state index in [-0.39, 0.29) is 0 Å². The topological polar surface area (TPSA) is 63.3 Å². The molecule has 11 heavy (non-hydrogen) atoms. The van der Waals surface area contributed by atoms with Crippen LogP contribution >= 0.6 is 0 Å². The molecule has 0 aromatic rings. The van der Waals surface area contributed by atoms with Crippen LogP contribution in [0.25, 0.3) is 0 Å². The Morgan fingerprint density at radius 3 is 2.82 bits per heavy atom. The number of unbranched alkanes of at least 4 members (excludes halogenated alkanes) is 1. The van der Waals surface area contributed by atoms with Gasteiger partial charge in [0.2, 0.25) is 0 Å². The Hall–Kier alpha value is -0.0505. The second kappa shape index (κ2) is 6.65. The molecule has 0 aromatic heterocycles. The third kappa shape index (κ3) is 6.35. The molecule has 0 saturated heterocycles. The van der Waals surface area contributed by atoms with Crippen molar-refractivity contribution in [3.05, 3.63) is 0 Å². The molecule has 4 heteroatoms. The number of nitrogens with two attached hydrogens (primary N) is 1. The molecule has 0 amide bonds. The summed E-state index contributed by atoms with van der Waals surface area (Å²) >= 11 is 0.424. The molecule has 0 bridgehead atoms. The molecule has 3 nitrogen and oxygen atoms in total. The predicted octanol–water partition coefficient (Wildman–Crippen LogP) is 0.739. The Kier molecular flexibility index (Phi) is 6.62. The molecule has 3 N–H and O–H groups in total. The van der Waals surface area contributed by atoms with Crippen LogP contribution in [0.1, 0.15) is 19.8 Å². The average Bonchev–Trinajstić information content (AvgIpc) is 1.97. The summed E-state index contributed by atoms with van der Waals surface area (Å²) in [5.74, 6) is -0.872. The van der Waals surface area contributed by atoms with E-state index < -0.39 is 12.0 Å². The Bertz CT molecular complexity index is 119. The van der Waals surface area contributed by atoms with Crippen molar-refractivity contribution in [3.8, 4) is 0 Å². The first-order valence-corrected chi connectivity index (χ1v) is 6.17. The van der Waals surface area contributed by atoms with Gasteiger partial charge in [-0.1, -0.05) is 0 Å². The van der Waals surface area contributed by atoms with Crippen molar-refractivity contribution in [1.29, 1.82) is 0 Å². The van der Waals surface area contributed by atoms with Crippen LogP contribution in [-0.2, 0) is 4.79 Å². The summed E-state index contributed by atoms with van der Waals surface area (Å²) in [4.78, 5) is 10.2. The van der Waals surface area contributed by atoms with E-state index in [9.17, 15) is 4.79 Å². The average molecular weight is 224 g/mol. The van der Waals surface area contributed by atoms with Crippen molar-refractivity contribution in [3.63, 3.8) is 0 Å². The zero-order chi connectivity index (χ0) is 8.69. The SMILES string of the molecule is CCCC[Se]CC(N)C(=O)O. The van der Waals surface area contributed by atoms with Crippen molar-refractivity contribution in [2.24, 2.45) is 5.73 Å². The minimum absolute atomic E-state index is 0.424. The van der Waals surface area contributed by atoms with Crippen molar-refractivity contribution in [2.45, 2.75) is 36.4 Å². The van der Waals surface area contributed by atoms with Gasteiger partial charge in [0.15, 0.2) is 0 Å². The molecule has 0 aliphatic heterocycles. The molecule has 0 aromatic carbocycles. The van der Waals surface area contributed by atoms with E-state index in [0.29, 0.717) is 20.3 Å². The number of hydrogen-bond donors (Lipinski definition) is 2. The van der Waals surface area contributed by atoms with Crippen LogP contribution in [0.4, 0.5) is 0 Å². The molecule has 1 unspecified atom stereocenters. The van der Waals surface area contributed by atoms with Crippen LogP contribution in [0.15, 0.2) is 0 Å². The molecule has 66 valence electrons. The van der Waals surface area contributed by atoms with E-state index in [1.807, 2.05) is 0 Å². The van der Waals surface area contributed by atoms with E-state index >= 15 is 0 Å². The molecule has 0 rings (SSSR count). The summed E-state index contributed by atoms with van der Waals surface area (Å²) in [6, 6.07) is -0.633. The number of carboxylic acid groups (broad SMARTS) is 1. The zero-order valence-corrected chi connectivity index (χ0v) is 8.46. The van der Waals surface area contributed by atoms with Gasteiger partial charge >= 0.3 is 73.0 Å². The minimum atomic E-state index is -0.872. The summed E-state index contributed by atoms with van der Waals surface area (Å²) in [6.45, 7) is 2.13. The summed E-state index contributed by atoms with van der Waals surface area (Å²) < 4.78 is 0. The molecule has 0 aliphatic carbocycles. The number of carbonyl (C=O) groups is 1. The first-order valence-electron chi connectivity index (χ1n) is 3.74. The fourth-order valence-electron chi connectivity index (χ4n) is 0.528. The third-order valence-electron chi connectivity index (χ3n) is 1.26. The molecule has 0 radical (unpaired) electrons. The first kappa shape index (κ1) is 10.9. The van der Waals surface area contributed by atoms with Gasteiger partial charge in [0.05, 0.1) is 0 Å². The van der Waals surface area contributed by atoms with E-state index in [1.165, 1.54) is 12.8 Å². The van der Waals surface area contributed by atoms with Crippen LogP contribution in [0.2, 0.25) is 10.6 Å². The van der Waals surface area contributed by atoms with Crippen LogP contribution < -0.4 is 5.73 Å². The number of carboxylic acids is 1. The molecule has 0 saturated carbocycles. The van der Waals surface area contributed by atoms with Gasteiger partial charge in [0.1, 0.15) is 0 Å². The summed E-state index contributed by atoms with van der Waals surface area (Å²) in [7, 11) is 0. The second-order valence-corrected chi connectivity index (χ2v) is 4.79. The summed E-state index contributed by atoms with van der Waals surface area (Å²) in [5, 5.41) is 10.2. The first-order chi connectivity index (χ1) is 5.18. The van der Waals surface area contributed by atoms with E-state index in [0.717, 1.165) is 5.32 Å². The van der Waals surface area contributed by atoms with Crippen LogP contribution in [-0.4, -0.2) is 32.1 Å². The van der Waals surface area contributed by atoms with Gasteiger partial charge in [0, 0.05) is 0 Å². The molecular formula is C7H15NO2Se. The molecule has 0 fully saturated rings. The van der Waals surface area contributed by atoms with E-state index in [4.69, 9.17) is 10.8 Å². The Morgan fingerprint density at radius 2 is 2.36 bits per heavy atom. The van der Waals surface area contributed by atoms with Gasteiger partial charge in [-0.3, -0.25) is 0 Å². The zero-order valence-electron chi connectivity index (χ0n) is 6.75. The van der Waals surface area contributed by atoms with Crippen molar-refractivity contribution in [1.82, 2.24) is 0 Å². The normalized spacial score (nSPS) is 12.9. The fraction of sp³-hybridized carbons (Fsp3) is 0.857. The second-order valence-electron chi connectivity index (χ2n) is 2.37. The predicted molar refractivity (Wildman–Crippen MR) is 45.9 cm³/mol. The van der Waals surface area contributed by atoms with Crippen molar-refractivity contribution < 1.29 is 9.90 Å². The van der Waals surface area contributed by atoms with Gasteiger partial charge in [-0.15, -0.1) is 0 Å². The Labute approximate surface area is 73.5 Å². The summed E-state index contributed by atoms with van der Waals surface area (Å²) in [6.07, 6.45) is 2.39. The monoisotopic (exact) mass is 225 g/mol. The standard InChI is InChI=1S/C7H15NO2Se/c1-2-3-4-11-5-6(8)7(9)10/h6H,2-5,8H2,1H3,(H,9,10). The van der Waals surface area contributed by atoms with Gasteiger partial charge in [-0.2, -0.15) is 0 Å². The molecule has 1 atom stereocenters. The maximum absolute atomic E-state index is 10.2. The molecular weight excluding hydrogens is 209 g/mol. The van der Waals surface area contributed by atoms with Crippen molar-refractivity contribution >= 4 is 20.9 Å². The van der Waals surface area contributed by atoms with Gasteiger partial charge < -0.3 is 0 Å². The van der Waals surface area contributed by atoms with E-state index in [2.05, 4.69) is 6.92 Å². The van der Waals surface area contributed by atoms with Gasteiger partial charge in [-0.25, -0.2) is 0 Å². The third-order valence-corrected chi connectivity index (χ3v) is 3.72. The summed E-state index contributed by atoms with van der Waals surface area (Å²) in [5.41, 5.74) is 5.31. The molecule has 0 heterocycles. The fourth-order valence-corrected chi connectivity index (χ4v) is 2.74. The Balaban J connectivity index is 3.17. The van der Waals surface area contributed by atoms with Crippen LogP contribution in [0.5, 0.6) is 0 Å². The van der Waals surface area contributed by atoms with Crippen LogP contribution in [0, 0.1) is 0 Å². The maximum atomic E-state index is 10.2. The quantitative estimate of drug-likeness (QED) is 0.516. The number of rotatable bonds is 6. The van der Waals surface area contributed by atoms with E-state index in [1.54, 1.807) is 0 Å². The molecule has 0 aliphatic rings. The van der Waals surface area contributed by atoms with Crippen LogP contribution in [0.3, 0.4) is 0 Å². The Morgan fingerprint density at radius 1 is 1.73 bits per heavy atom. The van der Waals surface area contributed by atoms with Gasteiger partial charge in [0.25, 0.3) is 0 Å². The number of aliphatic carboxylic acids is 1. The van der Waals surface area contributed by atoms with Gasteiger partial charge in [-0.05, 0) is 0 Å². The van der Waals surface area contributed by atoms with Crippen molar-refractivity contribution in [2.75, 3.05) is 0 Å². The number of hydrogen-bond acceptors (Lipinski definition) is 2. The molecule has 0 spiro atoms.